The fourth-order valence-corrected chi connectivity index (χ4v) is 4.08. The van der Waals surface area contributed by atoms with Crippen molar-refractivity contribution in [1.82, 2.24) is 4.90 Å². The number of Topliss-reactive ketones (excluding diaryl/α,β-unsaturated/α-hetero) is 1. The van der Waals surface area contributed by atoms with Crippen molar-refractivity contribution in [3.8, 4) is 17.2 Å². The molecule has 174 valence electrons. The number of aliphatic hydroxyl groups excluding tert-OH is 1. The van der Waals surface area contributed by atoms with Gasteiger partial charge in [-0.2, -0.15) is 0 Å². The standard InChI is InChI=1S/C26H29NO6/c1-4-10-27-23(17-8-9-20-21(14-17)32-12-11-31-20)22(25(29)26(27)30)24(28)18-6-5-7-19(13-18)33-15-16(2)3/h5-9,13-14,16,23,28H,4,10-12,15H2,1-3H3/b24-22-. The molecule has 0 aliphatic carbocycles. The molecule has 2 aliphatic heterocycles. The van der Waals surface area contributed by atoms with Crippen molar-refractivity contribution < 1.29 is 28.9 Å². The molecule has 4 rings (SSSR count). The third-order valence-electron chi connectivity index (χ3n) is 5.58. The Morgan fingerprint density at radius 2 is 1.88 bits per heavy atom. The van der Waals surface area contributed by atoms with Gasteiger partial charge in [-0.25, -0.2) is 0 Å². The number of aliphatic hydroxyl groups is 1. The molecule has 0 bridgehead atoms. The van der Waals surface area contributed by atoms with Crippen LogP contribution in [0.15, 0.2) is 48.0 Å². The molecule has 1 N–H and O–H groups in total. The number of nitrogens with zero attached hydrogens (tertiary/aromatic N) is 1. The molecule has 0 spiro atoms. The van der Waals surface area contributed by atoms with Crippen LogP contribution in [-0.4, -0.2) is 48.1 Å². The molecule has 1 saturated heterocycles. The van der Waals surface area contributed by atoms with E-state index in [4.69, 9.17) is 14.2 Å². The molecular weight excluding hydrogens is 422 g/mol. The Morgan fingerprint density at radius 3 is 2.61 bits per heavy atom. The van der Waals surface area contributed by atoms with Gasteiger partial charge in [-0.15, -0.1) is 0 Å². The predicted octanol–water partition coefficient (Wildman–Crippen LogP) is 4.32. The highest BCUT2D eigenvalue weighted by molar-refractivity contribution is 6.46. The molecule has 7 nitrogen and oxygen atoms in total. The number of carbonyl (C=O) groups excluding carboxylic acids is 2. The SMILES string of the molecule is CCCN1C(=O)C(=O)/C(=C(\O)c2cccc(OCC(C)C)c2)C1c1ccc2c(c1)OCCO2. The summed E-state index contributed by atoms with van der Waals surface area (Å²) in [6, 6.07) is 11.6. The molecule has 1 atom stereocenters. The molecule has 2 aliphatic rings. The van der Waals surface area contributed by atoms with Gasteiger partial charge in [0, 0.05) is 12.1 Å². The number of ketones is 1. The van der Waals surface area contributed by atoms with E-state index in [1.165, 1.54) is 4.90 Å². The minimum atomic E-state index is -0.721. The minimum absolute atomic E-state index is 0.0612. The number of ether oxygens (including phenoxy) is 3. The van der Waals surface area contributed by atoms with Crippen molar-refractivity contribution in [3.63, 3.8) is 0 Å². The van der Waals surface area contributed by atoms with Crippen molar-refractivity contribution in [1.29, 1.82) is 0 Å². The maximum absolute atomic E-state index is 13.1. The number of rotatable bonds is 7. The quantitative estimate of drug-likeness (QED) is 0.383. The Morgan fingerprint density at radius 1 is 1.12 bits per heavy atom. The third-order valence-corrected chi connectivity index (χ3v) is 5.58. The van der Waals surface area contributed by atoms with Crippen molar-refractivity contribution in [2.24, 2.45) is 5.92 Å². The first-order valence-corrected chi connectivity index (χ1v) is 11.3. The highest BCUT2D eigenvalue weighted by atomic mass is 16.6. The van der Waals surface area contributed by atoms with Gasteiger partial charge >= 0.3 is 0 Å². The highest BCUT2D eigenvalue weighted by Crippen LogP contribution is 2.42. The van der Waals surface area contributed by atoms with E-state index in [9.17, 15) is 14.7 Å². The highest BCUT2D eigenvalue weighted by Gasteiger charge is 2.46. The Balaban J connectivity index is 1.79. The van der Waals surface area contributed by atoms with E-state index in [0.717, 1.165) is 0 Å². The molecule has 0 aromatic heterocycles. The number of hydrogen-bond acceptors (Lipinski definition) is 6. The molecule has 33 heavy (non-hydrogen) atoms. The lowest BCUT2D eigenvalue weighted by atomic mass is 9.94. The summed E-state index contributed by atoms with van der Waals surface area (Å²) < 4.78 is 17.1. The minimum Gasteiger partial charge on any atom is -0.507 e. The van der Waals surface area contributed by atoms with Crippen LogP contribution in [0.4, 0.5) is 0 Å². The number of likely N-dealkylation sites (tertiary alicyclic amines) is 1. The van der Waals surface area contributed by atoms with E-state index in [-0.39, 0.29) is 11.3 Å². The van der Waals surface area contributed by atoms with Crippen molar-refractivity contribution in [2.45, 2.75) is 33.2 Å². The van der Waals surface area contributed by atoms with Crippen LogP contribution in [0.1, 0.15) is 44.4 Å². The fraction of sp³-hybridized carbons (Fsp3) is 0.385. The molecule has 7 heteroatoms. The maximum Gasteiger partial charge on any atom is 0.295 e. The van der Waals surface area contributed by atoms with Crippen LogP contribution in [0, 0.1) is 5.92 Å². The Labute approximate surface area is 193 Å². The van der Waals surface area contributed by atoms with Crippen molar-refractivity contribution in [3.05, 3.63) is 59.2 Å². The van der Waals surface area contributed by atoms with E-state index >= 15 is 0 Å². The van der Waals surface area contributed by atoms with Crippen molar-refractivity contribution in [2.75, 3.05) is 26.4 Å². The predicted molar refractivity (Wildman–Crippen MR) is 124 cm³/mol. The monoisotopic (exact) mass is 451 g/mol. The molecule has 1 amide bonds. The average Bonchev–Trinajstić information content (AvgIpc) is 3.07. The second-order valence-electron chi connectivity index (χ2n) is 8.63. The molecule has 2 aromatic rings. The van der Waals surface area contributed by atoms with Crippen LogP contribution < -0.4 is 14.2 Å². The van der Waals surface area contributed by atoms with Crippen LogP contribution in [-0.2, 0) is 9.59 Å². The molecular formula is C26H29NO6. The molecule has 2 aromatic carbocycles. The number of amides is 1. The zero-order chi connectivity index (χ0) is 23.5. The van der Waals surface area contributed by atoms with Gasteiger partial charge in [-0.1, -0.05) is 39.0 Å². The zero-order valence-corrected chi connectivity index (χ0v) is 19.2. The summed E-state index contributed by atoms with van der Waals surface area (Å²) in [5, 5.41) is 11.2. The summed E-state index contributed by atoms with van der Waals surface area (Å²) in [4.78, 5) is 27.5. The maximum atomic E-state index is 13.1. The summed E-state index contributed by atoms with van der Waals surface area (Å²) >= 11 is 0. The number of hydrogen-bond donors (Lipinski definition) is 1. The van der Waals surface area contributed by atoms with E-state index in [0.29, 0.717) is 67.1 Å². The summed E-state index contributed by atoms with van der Waals surface area (Å²) in [6.07, 6.45) is 0.673. The first-order valence-electron chi connectivity index (χ1n) is 11.3. The van der Waals surface area contributed by atoms with Gasteiger partial charge in [0.1, 0.15) is 24.7 Å². The largest absolute Gasteiger partial charge is 0.507 e. The van der Waals surface area contributed by atoms with Gasteiger partial charge < -0.3 is 24.2 Å². The van der Waals surface area contributed by atoms with E-state index < -0.39 is 17.7 Å². The first-order chi connectivity index (χ1) is 15.9. The average molecular weight is 452 g/mol. The lowest BCUT2D eigenvalue weighted by Gasteiger charge is -2.26. The fourth-order valence-electron chi connectivity index (χ4n) is 4.08. The second-order valence-corrected chi connectivity index (χ2v) is 8.63. The third kappa shape index (κ3) is 4.53. The van der Waals surface area contributed by atoms with Gasteiger partial charge in [0.2, 0.25) is 0 Å². The van der Waals surface area contributed by atoms with Crippen LogP contribution in [0.3, 0.4) is 0 Å². The van der Waals surface area contributed by atoms with Gasteiger partial charge in [-0.05, 0) is 42.2 Å². The summed E-state index contributed by atoms with van der Waals surface area (Å²) in [5.74, 6) is 0.572. The lowest BCUT2D eigenvalue weighted by molar-refractivity contribution is -0.139. The van der Waals surface area contributed by atoms with Gasteiger partial charge in [0.15, 0.2) is 11.5 Å². The Hall–Kier alpha value is -3.48. The topological polar surface area (TPSA) is 85.3 Å². The van der Waals surface area contributed by atoms with Crippen LogP contribution >= 0.6 is 0 Å². The molecule has 1 fully saturated rings. The molecule has 1 unspecified atom stereocenters. The Bertz CT molecular complexity index is 1090. The van der Waals surface area contributed by atoms with Crippen LogP contribution in [0.5, 0.6) is 17.2 Å². The Kier molecular flexibility index (Phi) is 6.58. The van der Waals surface area contributed by atoms with Gasteiger partial charge in [0.25, 0.3) is 11.7 Å². The first kappa shape index (κ1) is 22.7. The summed E-state index contributed by atoms with van der Waals surface area (Å²) in [7, 11) is 0. The molecule has 0 radical (unpaired) electrons. The van der Waals surface area contributed by atoms with Crippen LogP contribution in [0.2, 0.25) is 0 Å². The van der Waals surface area contributed by atoms with Gasteiger partial charge in [-0.3, -0.25) is 9.59 Å². The van der Waals surface area contributed by atoms with E-state index in [1.807, 2.05) is 26.8 Å². The zero-order valence-electron chi connectivity index (χ0n) is 19.2. The summed E-state index contributed by atoms with van der Waals surface area (Å²) in [6.45, 7) is 7.85. The summed E-state index contributed by atoms with van der Waals surface area (Å²) in [5.41, 5.74) is 1.17. The van der Waals surface area contributed by atoms with E-state index in [2.05, 4.69) is 0 Å². The number of benzene rings is 2. The molecule has 2 heterocycles. The normalized spacial score (nSPS) is 19.3. The number of carbonyl (C=O) groups is 2. The lowest BCUT2D eigenvalue weighted by Crippen LogP contribution is -2.30. The van der Waals surface area contributed by atoms with Crippen molar-refractivity contribution >= 4 is 17.4 Å². The number of fused-ring (bicyclic) bond motifs is 1. The molecule has 0 saturated carbocycles. The van der Waals surface area contributed by atoms with Crippen LogP contribution in [0.25, 0.3) is 5.76 Å². The second kappa shape index (κ2) is 9.57. The smallest absolute Gasteiger partial charge is 0.295 e. The van der Waals surface area contributed by atoms with Gasteiger partial charge in [0.05, 0.1) is 18.2 Å². The van der Waals surface area contributed by atoms with E-state index in [1.54, 1.807) is 36.4 Å².